The highest BCUT2D eigenvalue weighted by Gasteiger charge is 2.60. The lowest BCUT2D eigenvalue weighted by Gasteiger charge is -2.38. The van der Waals surface area contributed by atoms with E-state index < -0.39 is 29.6 Å². The lowest BCUT2D eigenvalue weighted by atomic mass is 9.64. The number of ether oxygens (including phenoxy) is 2. The fourth-order valence-corrected chi connectivity index (χ4v) is 6.49. The van der Waals surface area contributed by atoms with Gasteiger partial charge in [-0.25, -0.2) is 4.90 Å². The van der Waals surface area contributed by atoms with Crippen molar-refractivity contribution in [1.82, 2.24) is 0 Å². The van der Waals surface area contributed by atoms with Crippen LogP contribution in [-0.2, 0) is 14.4 Å². The summed E-state index contributed by atoms with van der Waals surface area (Å²) in [6.07, 6.45) is 2.01. The van der Waals surface area contributed by atoms with Crippen molar-refractivity contribution in [2.75, 3.05) is 12.0 Å². The van der Waals surface area contributed by atoms with Gasteiger partial charge in [-0.2, -0.15) is 0 Å². The molecule has 0 aromatic heterocycles. The first-order chi connectivity index (χ1) is 19.0. The smallest absolute Gasteiger partial charge is 0.319 e. The number of methoxy groups -OCH3 is 1. The largest absolute Gasteiger partial charge is 0.497 e. The maximum absolute atomic E-state index is 14.2. The Kier molecular flexibility index (Phi) is 5.20. The molecule has 6 nitrogen and oxygen atoms in total. The van der Waals surface area contributed by atoms with Crippen LogP contribution in [0.15, 0.2) is 91.0 Å². The van der Waals surface area contributed by atoms with Crippen molar-refractivity contribution >= 4 is 39.8 Å². The molecule has 6 heteroatoms. The Labute approximate surface area is 225 Å². The standard InChI is InChI=1S/C33H25NO5/c1-18-7-3-6-10-26(18)34-31(35)27-24(20-11-14-21(38-2)15-12-20)17-25-23-16-13-19-8-4-5-9-22(19)30(23)39-33(37)28(25)29(27)32(34)36/h3-17,24,27-29H,1-2H3/t24-,27+,28-,29-/m0/s1. The highest BCUT2D eigenvalue weighted by molar-refractivity contribution is 6.25. The minimum Gasteiger partial charge on any atom is -0.497 e. The van der Waals surface area contributed by atoms with Gasteiger partial charge in [0, 0.05) is 16.9 Å². The molecule has 39 heavy (non-hydrogen) atoms. The summed E-state index contributed by atoms with van der Waals surface area (Å²) in [6, 6.07) is 26.6. The molecule has 7 rings (SSSR count). The maximum Gasteiger partial charge on any atom is 0.319 e. The first-order valence-corrected chi connectivity index (χ1v) is 13.0. The molecule has 0 saturated carbocycles. The van der Waals surface area contributed by atoms with Gasteiger partial charge in [0.1, 0.15) is 11.5 Å². The molecule has 2 heterocycles. The lowest BCUT2D eigenvalue weighted by molar-refractivity contribution is -0.142. The maximum atomic E-state index is 14.2. The van der Waals surface area contributed by atoms with E-state index in [-0.39, 0.29) is 11.8 Å². The highest BCUT2D eigenvalue weighted by atomic mass is 16.5. The van der Waals surface area contributed by atoms with Crippen LogP contribution in [0.1, 0.15) is 22.6 Å². The van der Waals surface area contributed by atoms with E-state index in [9.17, 15) is 14.4 Å². The molecule has 1 aliphatic carbocycles. The molecule has 1 saturated heterocycles. The van der Waals surface area contributed by atoms with Crippen LogP contribution < -0.4 is 14.4 Å². The Morgan fingerprint density at radius 1 is 0.795 bits per heavy atom. The molecule has 0 spiro atoms. The zero-order valence-electron chi connectivity index (χ0n) is 21.5. The number of nitrogens with zero attached hydrogens (tertiary/aromatic N) is 1. The van der Waals surface area contributed by atoms with Gasteiger partial charge in [0.15, 0.2) is 0 Å². The predicted octanol–water partition coefficient (Wildman–Crippen LogP) is 5.68. The topological polar surface area (TPSA) is 72.9 Å². The summed E-state index contributed by atoms with van der Waals surface area (Å²) >= 11 is 0. The fraction of sp³-hybridized carbons (Fsp3) is 0.182. The van der Waals surface area contributed by atoms with Crippen LogP contribution in [0.5, 0.6) is 11.5 Å². The van der Waals surface area contributed by atoms with Crippen LogP contribution in [0.25, 0.3) is 16.3 Å². The van der Waals surface area contributed by atoms with E-state index in [1.54, 1.807) is 13.2 Å². The number of hydrogen-bond acceptors (Lipinski definition) is 5. The first-order valence-electron chi connectivity index (χ1n) is 13.0. The Balaban J connectivity index is 1.45. The number of amides is 2. The lowest BCUT2D eigenvalue weighted by Crippen LogP contribution is -2.42. The number of hydrogen-bond donors (Lipinski definition) is 0. The third-order valence-corrected chi connectivity index (χ3v) is 8.34. The second-order valence-electron chi connectivity index (χ2n) is 10.3. The molecule has 0 bridgehead atoms. The summed E-state index contributed by atoms with van der Waals surface area (Å²) in [5, 5.41) is 1.79. The number of benzene rings is 4. The van der Waals surface area contributed by atoms with Crippen molar-refractivity contribution in [2.45, 2.75) is 12.8 Å². The van der Waals surface area contributed by atoms with Gasteiger partial charge in [-0.15, -0.1) is 0 Å². The molecule has 4 atom stereocenters. The number of imide groups is 1. The third kappa shape index (κ3) is 3.37. The number of carbonyl (C=O) groups excluding carboxylic acids is 3. The van der Waals surface area contributed by atoms with E-state index in [1.807, 2.05) is 91.9 Å². The molecule has 0 radical (unpaired) electrons. The molecular formula is C33H25NO5. The van der Waals surface area contributed by atoms with Crippen molar-refractivity contribution in [3.05, 3.63) is 108 Å². The second-order valence-corrected chi connectivity index (χ2v) is 10.3. The zero-order chi connectivity index (χ0) is 26.8. The summed E-state index contributed by atoms with van der Waals surface area (Å²) in [5.74, 6) is -2.87. The number of rotatable bonds is 3. The minimum absolute atomic E-state index is 0.299. The van der Waals surface area contributed by atoms with Crippen LogP contribution in [0.4, 0.5) is 5.69 Å². The van der Waals surface area contributed by atoms with Gasteiger partial charge >= 0.3 is 5.97 Å². The average molecular weight is 516 g/mol. The average Bonchev–Trinajstić information content (AvgIpc) is 3.22. The second kappa shape index (κ2) is 8.67. The van der Waals surface area contributed by atoms with Gasteiger partial charge in [-0.3, -0.25) is 14.4 Å². The van der Waals surface area contributed by atoms with Crippen molar-refractivity contribution in [3.8, 4) is 11.5 Å². The third-order valence-electron chi connectivity index (χ3n) is 8.34. The summed E-state index contributed by atoms with van der Waals surface area (Å²) < 4.78 is 11.3. The highest BCUT2D eigenvalue weighted by Crippen LogP contribution is 2.55. The number of allylic oxidation sites excluding steroid dienone is 1. The van der Waals surface area contributed by atoms with Crippen LogP contribution in [0, 0.1) is 24.7 Å². The van der Waals surface area contributed by atoms with E-state index in [2.05, 4.69) is 0 Å². The molecule has 1 fully saturated rings. The quantitative estimate of drug-likeness (QED) is 0.199. The van der Waals surface area contributed by atoms with Gasteiger partial charge in [-0.05, 0) is 47.2 Å². The number of fused-ring (bicyclic) bond motifs is 7. The molecule has 2 amide bonds. The van der Waals surface area contributed by atoms with E-state index in [0.29, 0.717) is 17.2 Å². The molecule has 2 aliphatic heterocycles. The summed E-state index contributed by atoms with van der Waals surface area (Å²) in [6.45, 7) is 1.87. The number of anilines is 1. The van der Waals surface area contributed by atoms with Gasteiger partial charge in [0.2, 0.25) is 11.8 Å². The Morgan fingerprint density at radius 2 is 1.51 bits per heavy atom. The summed E-state index contributed by atoms with van der Waals surface area (Å²) in [4.78, 5) is 43.2. The zero-order valence-corrected chi connectivity index (χ0v) is 21.5. The van der Waals surface area contributed by atoms with Crippen LogP contribution in [0.2, 0.25) is 0 Å². The van der Waals surface area contributed by atoms with Gasteiger partial charge < -0.3 is 9.47 Å². The molecule has 0 unspecified atom stereocenters. The number of aryl methyl sites for hydroxylation is 1. The van der Waals surface area contributed by atoms with E-state index in [4.69, 9.17) is 9.47 Å². The van der Waals surface area contributed by atoms with E-state index >= 15 is 0 Å². The summed E-state index contributed by atoms with van der Waals surface area (Å²) in [7, 11) is 1.60. The van der Waals surface area contributed by atoms with Gasteiger partial charge in [0.25, 0.3) is 0 Å². The van der Waals surface area contributed by atoms with E-state index in [0.717, 1.165) is 33.0 Å². The molecular weight excluding hydrogens is 490 g/mol. The van der Waals surface area contributed by atoms with Crippen molar-refractivity contribution in [2.24, 2.45) is 17.8 Å². The predicted molar refractivity (Wildman–Crippen MR) is 147 cm³/mol. The first kappa shape index (κ1) is 23.4. The molecule has 4 aromatic carbocycles. The number of para-hydroxylation sites is 1. The molecule has 3 aliphatic rings. The van der Waals surface area contributed by atoms with Crippen molar-refractivity contribution < 1.29 is 23.9 Å². The minimum atomic E-state index is -0.878. The fourth-order valence-electron chi connectivity index (χ4n) is 6.49. The number of carbonyl (C=O) groups is 3. The molecule has 0 N–H and O–H groups in total. The van der Waals surface area contributed by atoms with Gasteiger partial charge in [-0.1, -0.05) is 72.8 Å². The Bertz CT molecular complexity index is 1720. The molecule has 4 aromatic rings. The van der Waals surface area contributed by atoms with Crippen LogP contribution in [-0.4, -0.2) is 24.9 Å². The number of esters is 1. The molecule has 192 valence electrons. The Hall–Kier alpha value is -4.71. The monoisotopic (exact) mass is 515 g/mol. The van der Waals surface area contributed by atoms with Crippen molar-refractivity contribution in [1.29, 1.82) is 0 Å². The Morgan fingerprint density at radius 3 is 2.28 bits per heavy atom. The SMILES string of the molecule is COc1ccc([C@@H]2C=C3c4ccc5ccccc5c4OC(=O)[C@@H]3[C@H]3C(=O)N(c4ccccc4C)C(=O)[C@@H]32)cc1. The van der Waals surface area contributed by atoms with Crippen LogP contribution in [0.3, 0.4) is 0 Å². The van der Waals surface area contributed by atoms with Crippen molar-refractivity contribution in [3.63, 3.8) is 0 Å². The summed E-state index contributed by atoms with van der Waals surface area (Å²) in [5.41, 5.74) is 3.76. The van der Waals surface area contributed by atoms with Gasteiger partial charge in [0.05, 0.1) is 30.6 Å². The van der Waals surface area contributed by atoms with E-state index in [1.165, 1.54) is 4.90 Å². The normalized spacial score (nSPS) is 23.6. The van der Waals surface area contributed by atoms with Crippen LogP contribution >= 0.6 is 0 Å².